The van der Waals surface area contributed by atoms with E-state index in [1.54, 1.807) is 0 Å². The van der Waals surface area contributed by atoms with Crippen LogP contribution < -0.4 is 0 Å². The van der Waals surface area contributed by atoms with Crippen LogP contribution in [0.2, 0.25) is 0 Å². The van der Waals surface area contributed by atoms with E-state index in [9.17, 15) is 10.2 Å². The summed E-state index contributed by atoms with van der Waals surface area (Å²) in [4.78, 5) is 0. The number of fused-ring (bicyclic) bond motifs is 7. The Balaban J connectivity index is 1.54. The molecule has 0 aromatic heterocycles. The predicted octanol–water partition coefficient (Wildman–Crippen LogP) is 7.22. The van der Waals surface area contributed by atoms with Gasteiger partial charge in [-0.1, -0.05) is 55.4 Å². The van der Waals surface area contributed by atoms with Gasteiger partial charge in [0.2, 0.25) is 0 Å². The summed E-state index contributed by atoms with van der Waals surface area (Å²) in [6.07, 6.45) is 12.1. The van der Waals surface area contributed by atoms with Gasteiger partial charge < -0.3 is 10.2 Å². The van der Waals surface area contributed by atoms with Gasteiger partial charge >= 0.3 is 0 Å². The minimum absolute atomic E-state index is 0.0409. The molecule has 0 aliphatic heterocycles. The molecule has 1 unspecified atom stereocenters. The average molecular weight is 445 g/mol. The molecule has 0 bridgehead atoms. The van der Waals surface area contributed by atoms with E-state index in [0.717, 1.165) is 24.7 Å². The van der Waals surface area contributed by atoms with Gasteiger partial charge in [0, 0.05) is 0 Å². The molecule has 0 aromatic carbocycles. The highest BCUT2D eigenvalue weighted by atomic mass is 16.3. The van der Waals surface area contributed by atoms with Crippen LogP contribution in [-0.4, -0.2) is 22.4 Å². The molecule has 5 aliphatic rings. The zero-order valence-electron chi connectivity index (χ0n) is 22.4. The van der Waals surface area contributed by atoms with Gasteiger partial charge in [0.05, 0.1) is 12.2 Å². The van der Waals surface area contributed by atoms with Gasteiger partial charge in [0.25, 0.3) is 0 Å². The molecule has 2 nitrogen and oxygen atoms in total. The van der Waals surface area contributed by atoms with Crippen molar-refractivity contribution in [3.63, 3.8) is 0 Å². The number of aliphatic hydroxyl groups is 2. The summed E-state index contributed by atoms with van der Waals surface area (Å²) < 4.78 is 0. The Morgan fingerprint density at radius 3 is 1.12 bits per heavy atom. The largest absolute Gasteiger partial charge is 0.393 e. The summed E-state index contributed by atoms with van der Waals surface area (Å²) >= 11 is 0. The molecule has 32 heavy (non-hydrogen) atoms. The highest BCUT2D eigenvalue weighted by Gasteiger charge is 2.71. The van der Waals surface area contributed by atoms with Crippen LogP contribution in [0.1, 0.15) is 120 Å². The lowest BCUT2D eigenvalue weighted by Gasteiger charge is -2.75. The molecule has 0 heterocycles. The van der Waals surface area contributed by atoms with Crippen LogP contribution in [0.15, 0.2) is 0 Å². The normalized spacial score (nSPS) is 58.7. The number of aliphatic hydroxyl groups excluding tert-OH is 2. The number of rotatable bonds is 0. The summed E-state index contributed by atoms with van der Waals surface area (Å²) in [5.41, 5.74) is 1.60. The molecule has 5 rings (SSSR count). The standard InChI is InChI=1S/C30H52O2/c1-25(2)19-11-17-29(7)21(27(19,5)15-13-23(25)31)9-10-22-28(6)16-14-24(32)26(3,4)20(28)12-18-30(22,29)8/h19-24,31-32H,9-18H2,1-8H3/t19-,20-,21+,22+,23-,24?,27-,28-,29+,30+/m0/s1. The molecule has 0 amide bonds. The molecule has 5 fully saturated rings. The van der Waals surface area contributed by atoms with E-state index in [1.807, 2.05) is 0 Å². The van der Waals surface area contributed by atoms with Crippen molar-refractivity contribution in [2.24, 2.45) is 56.2 Å². The van der Waals surface area contributed by atoms with Crippen LogP contribution in [-0.2, 0) is 0 Å². The van der Waals surface area contributed by atoms with Gasteiger partial charge in [-0.05, 0) is 120 Å². The van der Waals surface area contributed by atoms with Crippen LogP contribution in [0.5, 0.6) is 0 Å². The molecule has 2 N–H and O–H groups in total. The Morgan fingerprint density at radius 1 is 0.438 bits per heavy atom. The van der Waals surface area contributed by atoms with Gasteiger partial charge in [-0.25, -0.2) is 0 Å². The van der Waals surface area contributed by atoms with E-state index in [-0.39, 0.29) is 23.0 Å². The summed E-state index contributed by atoms with van der Waals surface area (Å²) in [5.74, 6) is 2.86. The Morgan fingerprint density at radius 2 is 0.781 bits per heavy atom. The SMILES string of the molecule is CC1(C)C(O)CC[C@]2(C)[C@H]3CC[C@@H]4[C@@]5(C)CC[C@H](O)C(C)(C)[C@@H]5CC[C@@]4(C)[C@]3(C)CC[C@@H]12. The first-order chi connectivity index (χ1) is 14.7. The van der Waals surface area contributed by atoms with Crippen molar-refractivity contribution in [1.29, 1.82) is 0 Å². The highest BCUT2D eigenvalue weighted by Crippen LogP contribution is 2.78. The molecule has 0 spiro atoms. The van der Waals surface area contributed by atoms with E-state index in [0.29, 0.717) is 33.5 Å². The van der Waals surface area contributed by atoms with Gasteiger partial charge in [0.15, 0.2) is 0 Å². The first-order valence-electron chi connectivity index (χ1n) is 14.0. The quantitative estimate of drug-likeness (QED) is 0.414. The summed E-state index contributed by atoms with van der Waals surface area (Å²) in [5, 5.41) is 21.8. The zero-order chi connectivity index (χ0) is 23.5. The third-order valence-corrected chi connectivity index (χ3v) is 14.1. The van der Waals surface area contributed by atoms with Crippen molar-refractivity contribution in [3.8, 4) is 0 Å². The van der Waals surface area contributed by atoms with Crippen LogP contribution >= 0.6 is 0 Å². The molecule has 10 atom stereocenters. The van der Waals surface area contributed by atoms with E-state index in [2.05, 4.69) is 55.4 Å². The molecule has 184 valence electrons. The average Bonchev–Trinajstić information content (AvgIpc) is 2.69. The van der Waals surface area contributed by atoms with E-state index in [4.69, 9.17) is 0 Å². The Bertz CT molecular complexity index is 707. The Labute approximate surface area is 198 Å². The second-order valence-electron chi connectivity index (χ2n) is 15.5. The molecule has 0 saturated heterocycles. The van der Waals surface area contributed by atoms with E-state index < -0.39 is 0 Å². The lowest BCUT2D eigenvalue weighted by atomic mass is 9.30. The van der Waals surface area contributed by atoms with Gasteiger partial charge in [-0.2, -0.15) is 0 Å². The maximum Gasteiger partial charge on any atom is 0.0594 e. The van der Waals surface area contributed by atoms with Crippen LogP contribution in [0.3, 0.4) is 0 Å². The van der Waals surface area contributed by atoms with E-state index >= 15 is 0 Å². The van der Waals surface area contributed by atoms with Crippen LogP contribution in [0.25, 0.3) is 0 Å². The third-order valence-electron chi connectivity index (χ3n) is 14.1. The van der Waals surface area contributed by atoms with Gasteiger partial charge in [-0.3, -0.25) is 0 Å². The lowest BCUT2D eigenvalue weighted by Crippen LogP contribution is -2.68. The van der Waals surface area contributed by atoms with Crippen molar-refractivity contribution in [2.45, 2.75) is 132 Å². The first kappa shape index (κ1) is 23.7. The highest BCUT2D eigenvalue weighted by molar-refractivity contribution is 5.20. The fourth-order valence-electron chi connectivity index (χ4n) is 12.1. The maximum atomic E-state index is 10.9. The summed E-state index contributed by atoms with van der Waals surface area (Å²) in [7, 11) is 0. The molecule has 5 aliphatic carbocycles. The van der Waals surface area contributed by atoms with Crippen molar-refractivity contribution in [1.82, 2.24) is 0 Å². The minimum Gasteiger partial charge on any atom is -0.393 e. The van der Waals surface area contributed by atoms with Crippen LogP contribution in [0.4, 0.5) is 0 Å². The fourth-order valence-corrected chi connectivity index (χ4v) is 12.1. The van der Waals surface area contributed by atoms with Gasteiger partial charge in [0.1, 0.15) is 0 Å². The fraction of sp³-hybridized carbons (Fsp3) is 1.00. The monoisotopic (exact) mass is 444 g/mol. The van der Waals surface area contributed by atoms with Gasteiger partial charge in [-0.15, -0.1) is 0 Å². The number of hydrogen-bond acceptors (Lipinski definition) is 2. The van der Waals surface area contributed by atoms with Crippen LogP contribution in [0, 0.1) is 56.2 Å². The Hall–Kier alpha value is -0.0800. The molecule has 5 saturated carbocycles. The second kappa shape index (κ2) is 6.77. The molecular weight excluding hydrogens is 392 g/mol. The molecular formula is C30H52O2. The second-order valence-corrected chi connectivity index (χ2v) is 15.5. The van der Waals surface area contributed by atoms with Crippen molar-refractivity contribution < 1.29 is 10.2 Å². The lowest BCUT2D eigenvalue weighted by molar-refractivity contribution is -0.270. The maximum absolute atomic E-state index is 10.9. The Kier molecular flexibility index (Phi) is 5.01. The minimum atomic E-state index is -0.137. The zero-order valence-corrected chi connectivity index (χ0v) is 22.4. The summed E-state index contributed by atoms with van der Waals surface area (Å²) in [6, 6.07) is 0. The first-order valence-corrected chi connectivity index (χ1v) is 14.0. The number of hydrogen-bond donors (Lipinski definition) is 2. The van der Waals surface area contributed by atoms with Crippen molar-refractivity contribution >= 4 is 0 Å². The summed E-state index contributed by atoms with van der Waals surface area (Å²) in [6.45, 7) is 20.1. The predicted molar refractivity (Wildman–Crippen MR) is 132 cm³/mol. The topological polar surface area (TPSA) is 40.5 Å². The third kappa shape index (κ3) is 2.61. The molecule has 0 radical (unpaired) electrons. The molecule has 2 heteroatoms. The molecule has 0 aromatic rings. The van der Waals surface area contributed by atoms with Crippen molar-refractivity contribution in [3.05, 3.63) is 0 Å². The smallest absolute Gasteiger partial charge is 0.0594 e. The van der Waals surface area contributed by atoms with E-state index in [1.165, 1.54) is 51.4 Å². The van der Waals surface area contributed by atoms with Crippen molar-refractivity contribution in [2.75, 3.05) is 0 Å².